The molecule has 1 fully saturated rings. The number of aliphatic hydroxyl groups excluding tert-OH is 1. The largest absolute Gasteiger partial charge is 0.481 e. The van der Waals surface area contributed by atoms with Crippen molar-refractivity contribution in [1.82, 2.24) is 4.98 Å². The maximum Gasteiger partial charge on any atom is 0.303 e. The van der Waals surface area contributed by atoms with Gasteiger partial charge in [0.15, 0.2) is 5.84 Å². The second kappa shape index (κ2) is 20.6. The zero-order valence-corrected chi connectivity index (χ0v) is 23.3. The molecule has 8 nitrogen and oxygen atoms in total. The summed E-state index contributed by atoms with van der Waals surface area (Å²) in [5, 5.41) is 17.6. The van der Waals surface area contributed by atoms with E-state index in [-0.39, 0.29) is 18.3 Å². The molecule has 0 spiro atoms. The van der Waals surface area contributed by atoms with Gasteiger partial charge in [0.1, 0.15) is 5.82 Å². The predicted molar refractivity (Wildman–Crippen MR) is 154 cm³/mol. The molecule has 1 aromatic carbocycles. The molecule has 0 saturated heterocycles. The number of halogens is 1. The number of aromatic amines is 1. The lowest BCUT2D eigenvalue weighted by Crippen LogP contribution is -2.10. The number of nitrogens with zero attached hydrogens (tertiary/aromatic N) is 2. The summed E-state index contributed by atoms with van der Waals surface area (Å²) >= 11 is 0. The van der Waals surface area contributed by atoms with Crippen LogP contribution in [0.5, 0.6) is 0 Å². The summed E-state index contributed by atoms with van der Waals surface area (Å²) in [5.41, 5.74) is 8.09. The molecule has 1 amide bonds. The molecule has 0 bridgehead atoms. The van der Waals surface area contributed by atoms with E-state index in [1.165, 1.54) is 37.0 Å². The summed E-state index contributed by atoms with van der Waals surface area (Å²) in [5.74, 6) is 0.271. The van der Waals surface area contributed by atoms with Crippen molar-refractivity contribution in [2.24, 2.45) is 27.6 Å². The normalized spacial score (nSPS) is 14.6. The van der Waals surface area contributed by atoms with Crippen LogP contribution in [0.15, 0.2) is 46.4 Å². The van der Waals surface area contributed by atoms with Gasteiger partial charge < -0.3 is 20.9 Å². The van der Waals surface area contributed by atoms with Crippen molar-refractivity contribution in [1.29, 1.82) is 0 Å². The Morgan fingerprint density at radius 2 is 1.82 bits per heavy atom. The van der Waals surface area contributed by atoms with E-state index in [9.17, 15) is 14.0 Å². The molecular weight excluding hydrogens is 499 g/mol. The lowest BCUT2D eigenvalue weighted by molar-refractivity contribution is -0.138. The molecule has 1 atom stereocenters. The number of aliphatic carboxylic acids is 1. The number of aliphatic hydroxyl groups is 1. The quantitative estimate of drug-likeness (QED) is 0.164. The summed E-state index contributed by atoms with van der Waals surface area (Å²) in [4.78, 5) is 31.3. The maximum atomic E-state index is 12.3. The molecule has 2 aromatic rings. The molecular formula is C30H45FN4O4. The minimum atomic E-state index is -0.632. The van der Waals surface area contributed by atoms with E-state index in [0.29, 0.717) is 30.4 Å². The molecule has 1 aromatic heterocycles. The fourth-order valence-electron chi connectivity index (χ4n) is 4.37. The Kier molecular flexibility index (Phi) is 17.8. The average Bonchev–Trinajstić information content (AvgIpc) is 3.41. The van der Waals surface area contributed by atoms with Crippen LogP contribution in [0.1, 0.15) is 88.6 Å². The maximum absolute atomic E-state index is 12.3. The van der Waals surface area contributed by atoms with Crippen LogP contribution in [0.4, 0.5) is 4.39 Å². The van der Waals surface area contributed by atoms with Crippen molar-refractivity contribution in [2.75, 3.05) is 6.61 Å². The average molecular weight is 545 g/mol. The summed E-state index contributed by atoms with van der Waals surface area (Å²) < 4.78 is 12.3. The molecule has 216 valence electrons. The third-order valence-corrected chi connectivity index (χ3v) is 6.66. The number of aliphatic imine (C=N–C) groups is 2. The van der Waals surface area contributed by atoms with Crippen LogP contribution in [0, 0.1) is 17.7 Å². The highest BCUT2D eigenvalue weighted by atomic mass is 19.1. The molecule has 1 unspecified atom stereocenters. The van der Waals surface area contributed by atoms with Crippen molar-refractivity contribution >= 4 is 24.6 Å². The van der Waals surface area contributed by atoms with Crippen LogP contribution in [-0.4, -0.2) is 46.4 Å². The Bertz CT molecular complexity index is 995. The smallest absolute Gasteiger partial charge is 0.303 e. The minimum absolute atomic E-state index is 0.153. The van der Waals surface area contributed by atoms with Crippen LogP contribution in [0.3, 0.4) is 0 Å². The fourth-order valence-corrected chi connectivity index (χ4v) is 4.37. The van der Waals surface area contributed by atoms with Gasteiger partial charge in [-0.15, -0.1) is 0 Å². The standard InChI is InChI=1S/C13H20N4O2.C9H11F.C8H14O2/c1-2-10(7-18)3-4-11-5-6-12(17-11)13(15-8-14)16-9-19;1-2-3-8-4-6-9(10)7-5-8;9-8(10)6-7-4-2-1-3-5-7/h5-6,8-10,17-18H,2-4,7H2,1H3,(H2,14,15,16,19);4-7H,2-3H2,1H3;7H,1-6H2,(H,9,10). The number of hydrogen-bond acceptors (Lipinski definition) is 3. The van der Waals surface area contributed by atoms with Gasteiger partial charge >= 0.3 is 5.97 Å². The van der Waals surface area contributed by atoms with Crippen molar-refractivity contribution in [2.45, 2.75) is 84.5 Å². The number of amidine groups is 1. The third kappa shape index (κ3) is 15.0. The number of carbonyl (C=O) groups is 2. The van der Waals surface area contributed by atoms with E-state index in [1.807, 2.05) is 24.3 Å². The first-order valence-corrected chi connectivity index (χ1v) is 13.9. The summed E-state index contributed by atoms with van der Waals surface area (Å²) in [7, 11) is 0. The van der Waals surface area contributed by atoms with Crippen molar-refractivity contribution < 1.29 is 24.2 Å². The lowest BCUT2D eigenvalue weighted by atomic mass is 9.87. The Morgan fingerprint density at radius 1 is 1.13 bits per heavy atom. The van der Waals surface area contributed by atoms with Gasteiger partial charge in [0.2, 0.25) is 6.41 Å². The van der Waals surface area contributed by atoms with E-state index >= 15 is 0 Å². The molecule has 0 radical (unpaired) electrons. The first kappa shape index (κ1) is 33.7. The Hall–Kier alpha value is -3.33. The van der Waals surface area contributed by atoms with Crippen LogP contribution in [-0.2, 0) is 22.4 Å². The SMILES string of the molecule is CCC(CO)CCc1ccc(C(N=CN)=NC=O)[nH]1.CCCc1ccc(F)cc1.O=C(O)CC1CCCCC1. The number of nitrogens with two attached hydrogens (primary N) is 1. The molecule has 1 aliphatic carbocycles. The topological polar surface area (TPSA) is 141 Å². The first-order valence-electron chi connectivity index (χ1n) is 13.9. The highest BCUT2D eigenvalue weighted by Crippen LogP contribution is 2.25. The second-order valence-corrected chi connectivity index (χ2v) is 9.71. The van der Waals surface area contributed by atoms with E-state index < -0.39 is 5.97 Å². The third-order valence-electron chi connectivity index (χ3n) is 6.66. The number of aryl methyl sites for hydroxylation is 2. The molecule has 1 saturated carbocycles. The zero-order chi connectivity index (χ0) is 28.9. The van der Waals surface area contributed by atoms with Crippen LogP contribution >= 0.6 is 0 Å². The Labute approximate surface area is 231 Å². The number of carbonyl (C=O) groups excluding carboxylic acids is 1. The molecule has 1 heterocycles. The molecule has 1 aliphatic rings. The van der Waals surface area contributed by atoms with Gasteiger partial charge in [0, 0.05) is 18.7 Å². The van der Waals surface area contributed by atoms with Gasteiger partial charge in [0.05, 0.1) is 12.0 Å². The van der Waals surface area contributed by atoms with E-state index in [0.717, 1.165) is 57.0 Å². The van der Waals surface area contributed by atoms with Gasteiger partial charge in [-0.25, -0.2) is 9.38 Å². The van der Waals surface area contributed by atoms with Crippen molar-refractivity contribution in [3.8, 4) is 0 Å². The number of carboxylic acids is 1. The van der Waals surface area contributed by atoms with Gasteiger partial charge in [-0.3, -0.25) is 9.59 Å². The number of hydrogen-bond donors (Lipinski definition) is 4. The second-order valence-electron chi connectivity index (χ2n) is 9.71. The predicted octanol–water partition coefficient (Wildman–Crippen LogP) is 5.68. The number of aromatic nitrogens is 1. The molecule has 5 N–H and O–H groups in total. The number of amides is 1. The van der Waals surface area contributed by atoms with Gasteiger partial charge in [-0.1, -0.05) is 58.1 Å². The first-order chi connectivity index (χ1) is 18.9. The molecule has 3 rings (SSSR count). The Balaban J connectivity index is 0.000000320. The number of carboxylic acid groups (broad SMARTS) is 1. The van der Waals surface area contributed by atoms with Gasteiger partial charge in [-0.05, 0) is 73.8 Å². The van der Waals surface area contributed by atoms with Crippen LogP contribution in [0.25, 0.3) is 0 Å². The monoisotopic (exact) mass is 544 g/mol. The molecule has 9 heteroatoms. The summed E-state index contributed by atoms with van der Waals surface area (Å²) in [6.07, 6.45) is 12.8. The summed E-state index contributed by atoms with van der Waals surface area (Å²) in [6.45, 7) is 4.38. The number of rotatable bonds is 11. The highest BCUT2D eigenvalue weighted by Gasteiger charge is 2.15. The van der Waals surface area contributed by atoms with Crippen molar-refractivity contribution in [3.63, 3.8) is 0 Å². The van der Waals surface area contributed by atoms with E-state index in [4.69, 9.17) is 15.9 Å². The van der Waals surface area contributed by atoms with Crippen molar-refractivity contribution in [3.05, 3.63) is 59.2 Å². The lowest BCUT2D eigenvalue weighted by Gasteiger charge is -2.18. The molecule has 0 aliphatic heterocycles. The zero-order valence-electron chi connectivity index (χ0n) is 23.3. The van der Waals surface area contributed by atoms with Crippen LogP contribution < -0.4 is 5.73 Å². The highest BCUT2D eigenvalue weighted by molar-refractivity contribution is 6.04. The fraction of sp³-hybridized carbons (Fsp3) is 0.533. The van der Waals surface area contributed by atoms with Crippen LogP contribution in [0.2, 0.25) is 0 Å². The number of benzene rings is 1. The number of nitrogens with one attached hydrogen (secondary N) is 1. The van der Waals surface area contributed by atoms with Gasteiger partial charge in [-0.2, -0.15) is 4.99 Å². The summed E-state index contributed by atoms with van der Waals surface area (Å²) in [6, 6.07) is 10.4. The Morgan fingerprint density at radius 3 is 2.36 bits per heavy atom. The van der Waals surface area contributed by atoms with Gasteiger partial charge in [0.25, 0.3) is 0 Å². The minimum Gasteiger partial charge on any atom is -0.481 e. The van der Waals surface area contributed by atoms with E-state index in [1.54, 1.807) is 0 Å². The van der Waals surface area contributed by atoms with E-state index in [2.05, 4.69) is 28.8 Å². The number of H-pyrrole nitrogens is 1. The molecule has 39 heavy (non-hydrogen) atoms.